The first-order valence-electron chi connectivity index (χ1n) is 8.69. The summed E-state index contributed by atoms with van der Waals surface area (Å²) in [6.45, 7) is 3.75. The van der Waals surface area contributed by atoms with Crippen LogP contribution in [-0.4, -0.2) is 42.0 Å². The zero-order valence-corrected chi connectivity index (χ0v) is 14.0. The smallest absolute Gasteiger partial charge is 0.481 e. The number of carbonyl (C=O) groups is 3. The van der Waals surface area contributed by atoms with E-state index < -0.39 is 18.0 Å². The number of fused-ring (bicyclic) bond motifs is 2. The lowest BCUT2D eigenvalue weighted by atomic mass is 9.57. The highest BCUT2D eigenvalue weighted by Crippen LogP contribution is 2.53. The van der Waals surface area contributed by atoms with Crippen LogP contribution in [0.5, 0.6) is 0 Å². The second kappa shape index (κ2) is 6.61. The molecule has 24 heavy (non-hydrogen) atoms. The van der Waals surface area contributed by atoms with Crippen LogP contribution in [0.25, 0.3) is 0 Å². The Hall–Kier alpha value is -1.79. The third-order valence-corrected chi connectivity index (χ3v) is 5.85. The van der Waals surface area contributed by atoms with Gasteiger partial charge in [0.05, 0.1) is 18.4 Å². The maximum Gasteiger partial charge on any atom is 0.508 e. The summed E-state index contributed by atoms with van der Waals surface area (Å²) in [4.78, 5) is 35.5. The van der Waals surface area contributed by atoms with E-state index in [2.05, 4.69) is 0 Å². The van der Waals surface area contributed by atoms with Crippen molar-refractivity contribution in [2.24, 2.45) is 29.6 Å². The first-order valence-corrected chi connectivity index (χ1v) is 8.69. The standard InChI is InChI=1S/C17H24O7/c1-3-22-17(21)24-10-4-5-11-9(6-10)7-12-13(14(11)15(18)19)8(2)23-16(12)20/h8-14H,3-7H2,1-2H3,(H,18,19)/t8-,9+,10-,11-,12-,13-,14+/m1/s1. The van der Waals surface area contributed by atoms with Crippen LogP contribution in [0.1, 0.15) is 39.5 Å². The fourth-order valence-corrected chi connectivity index (χ4v) is 4.97. The van der Waals surface area contributed by atoms with Gasteiger partial charge in [-0.3, -0.25) is 9.59 Å². The van der Waals surface area contributed by atoms with E-state index in [4.69, 9.17) is 14.2 Å². The van der Waals surface area contributed by atoms with Gasteiger partial charge in [0.25, 0.3) is 0 Å². The lowest BCUT2D eigenvalue weighted by Gasteiger charge is -2.46. The third-order valence-electron chi connectivity index (χ3n) is 5.85. The second-order valence-corrected chi connectivity index (χ2v) is 7.09. The zero-order chi connectivity index (χ0) is 17.4. The first kappa shape index (κ1) is 17.0. The van der Waals surface area contributed by atoms with Crippen LogP contribution >= 0.6 is 0 Å². The number of carbonyl (C=O) groups excluding carboxylic acids is 2. The van der Waals surface area contributed by atoms with Crippen molar-refractivity contribution in [2.75, 3.05) is 6.61 Å². The van der Waals surface area contributed by atoms with E-state index in [1.165, 1.54) is 0 Å². The molecule has 0 bridgehead atoms. The molecule has 3 aliphatic rings. The van der Waals surface area contributed by atoms with Crippen molar-refractivity contribution in [3.05, 3.63) is 0 Å². The van der Waals surface area contributed by atoms with Gasteiger partial charge in [-0.2, -0.15) is 0 Å². The molecule has 3 fully saturated rings. The Kier molecular flexibility index (Phi) is 4.69. The lowest BCUT2D eigenvalue weighted by Crippen LogP contribution is -2.49. The largest absolute Gasteiger partial charge is 0.508 e. The summed E-state index contributed by atoms with van der Waals surface area (Å²) in [5.41, 5.74) is 0. The fourth-order valence-electron chi connectivity index (χ4n) is 4.97. The minimum absolute atomic E-state index is 0.00254. The molecule has 0 unspecified atom stereocenters. The molecule has 7 nitrogen and oxygen atoms in total. The van der Waals surface area contributed by atoms with Crippen LogP contribution in [-0.2, 0) is 23.8 Å². The highest BCUT2D eigenvalue weighted by atomic mass is 16.7. The van der Waals surface area contributed by atoms with Crippen LogP contribution in [0.3, 0.4) is 0 Å². The lowest BCUT2D eigenvalue weighted by molar-refractivity contribution is -0.154. The van der Waals surface area contributed by atoms with Crippen LogP contribution in [0.4, 0.5) is 4.79 Å². The van der Waals surface area contributed by atoms with Crippen molar-refractivity contribution < 1.29 is 33.7 Å². The maximum absolute atomic E-state index is 12.1. The monoisotopic (exact) mass is 340 g/mol. The average molecular weight is 340 g/mol. The molecule has 0 radical (unpaired) electrons. The molecular formula is C17H24O7. The predicted molar refractivity (Wildman–Crippen MR) is 81.0 cm³/mol. The van der Waals surface area contributed by atoms with Gasteiger partial charge in [0.1, 0.15) is 12.2 Å². The molecule has 7 heteroatoms. The highest BCUT2D eigenvalue weighted by Gasteiger charge is 2.57. The Morgan fingerprint density at radius 3 is 2.71 bits per heavy atom. The summed E-state index contributed by atoms with van der Waals surface area (Å²) in [6, 6.07) is 0. The summed E-state index contributed by atoms with van der Waals surface area (Å²) in [6.07, 6.45) is 1.20. The molecule has 3 rings (SSSR count). The maximum atomic E-state index is 12.1. The van der Waals surface area contributed by atoms with Crippen molar-refractivity contribution in [3.63, 3.8) is 0 Å². The molecule has 1 saturated heterocycles. The predicted octanol–water partition coefficient (Wildman–Crippen LogP) is 2.23. The van der Waals surface area contributed by atoms with Crippen molar-refractivity contribution in [1.29, 1.82) is 0 Å². The van der Waals surface area contributed by atoms with Gasteiger partial charge in [-0.15, -0.1) is 0 Å². The minimum atomic E-state index is -0.852. The van der Waals surface area contributed by atoms with Gasteiger partial charge in [0.15, 0.2) is 0 Å². The Labute approximate surface area is 140 Å². The number of ether oxygens (including phenoxy) is 3. The summed E-state index contributed by atoms with van der Waals surface area (Å²) >= 11 is 0. The van der Waals surface area contributed by atoms with Crippen molar-refractivity contribution in [2.45, 2.75) is 51.7 Å². The fraction of sp³-hybridized carbons (Fsp3) is 0.824. The van der Waals surface area contributed by atoms with E-state index in [9.17, 15) is 19.5 Å². The molecule has 1 N–H and O–H groups in total. The Balaban J connectivity index is 1.74. The Bertz CT molecular complexity index is 531. The van der Waals surface area contributed by atoms with Crippen molar-refractivity contribution >= 4 is 18.1 Å². The summed E-state index contributed by atoms with van der Waals surface area (Å²) in [5.74, 6) is -2.26. The molecule has 7 atom stereocenters. The summed E-state index contributed by atoms with van der Waals surface area (Å²) < 4.78 is 15.4. The Morgan fingerprint density at radius 1 is 1.29 bits per heavy atom. The number of carboxylic acids is 1. The molecule has 2 aliphatic carbocycles. The number of rotatable bonds is 3. The summed E-state index contributed by atoms with van der Waals surface area (Å²) in [7, 11) is 0. The number of aliphatic carboxylic acids is 1. The summed E-state index contributed by atoms with van der Waals surface area (Å²) in [5, 5.41) is 9.74. The van der Waals surface area contributed by atoms with E-state index >= 15 is 0 Å². The average Bonchev–Trinajstić information content (AvgIpc) is 2.79. The van der Waals surface area contributed by atoms with Crippen molar-refractivity contribution in [1.82, 2.24) is 0 Å². The number of carboxylic acid groups (broad SMARTS) is 1. The van der Waals surface area contributed by atoms with Crippen molar-refractivity contribution in [3.8, 4) is 0 Å². The van der Waals surface area contributed by atoms with Crippen LogP contribution < -0.4 is 0 Å². The molecular weight excluding hydrogens is 316 g/mol. The van der Waals surface area contributed by atoms with E-state index in [1.54, 1.807) is 13.8 Å². The quantitative estimate of drug-likeness (QED) is 0.786. The molecule has 1 heterocycles. The normalized spacial score (nSPS) is 40.9. The minimum Gasteiger partial charge on any atom is -0.481 e. The molecule has 0 aromatic carbocycles. The van der Waals surface area contributed by atoms with E-state index in [0.29, 0.717) is 25.7 Å². The molecule has 0 amide bonds. The van der Waals surface area contributed by atoms with Crippen LogP contribution in [0.2, 0.25) is 0 Å². The van der Waals surface area contributed by atoms with E-state index in [0.717, 1.165) is 0 Å². The molecule has 0 spiro atoms. The molecule has 0 aromatic rings. The molecule has 0 aromatic heterocycles. The number of cyclic esters (lactones) is 1. The van der Waals surface area contributed by atoms with E-state index in [-0.39, 0.29) is 48.5 Å². The number of esters is 1. The molecule has 2 saturated carbocycles. The first-order chi connectivity index (χ1) is 11.4. The topological polar surface area (TPSA) is 99.1 Å². The van der Waals surface area contributed by atoms with Gasteiger partial charge >= 0.3 is 18.1 Å². The van der Waals surface area contributed by atoms with Gasteiger partial charge in [-0.05, 0) is 51.4 Å². The van der Waals surface area contributed by atoms with E-state index in [1.807, 2.05) is 0 Å². The van der Waals surface area contributed by atoms with Crippen LogP contribution in [0, 0.1) is 29.6 Å². The second-order valence-electron chi connectivity index (χ2n) is 7.09. The van der Waals surface area contributed by atoms with Gasteiger partial charge in [0.2, 0.25) is 0 Å². The molecule has 1 aliphatic heterocycles. The number of hydrogen-bond acceptors (Lipinski definition) is 6. The Morgan fingerprint density at radius 2 is 2.04 bits per heavy atom. The third kappa shape index (κ3) is 2.96. The SMILES string of the molecule is CCOC(=O)O[C@@H]1CC[C@@H]2[C@@H](C1)C[C@H]1C(=O)O[C@H](C)[C@H]1[C@H]2C(=O)O. The van der Waals surface area contributed by atoms with Gasteiger partial charge in [-0.1, -0.05) is 0 Å². The molecule has 134 valence electrons. The van der Waals surface area contributed by atoms with Crippen LogP contribution in [0.15, 0.2) is 0 Å². The zero-order valence-electron chi connectivity index (χ0n) is 14.0. The number of hydrogen-bond donors (Lipinski definition) is 1. The highest BCUT2D eigenvalue weighted by molar-refractivity contribution is 5.79. The van der Waals surface area contributed by atoms with Gasteiger partial charge < -0.3 is 19.3 Å². The van der Waals surface area contributed by atoms with Gasteiger partial charge in [0, 0.05) is 5.92 Å². The van der Waals surface area contributed by atoms with Gasteiger partial charge in [-0.25, -0.2) is 4.79 Å².